The molecule has 0 fully saturated rings. The number of amides is 2. The first kappa shape index (κ1) is 20.3. The first-order valence-corrected chi connectivity index (χ1v) is 11.4. The lowest BCUT2D eigenvalue weighted by Gasteiger charge is -2.27. The van der Waals surface area contributed by atoms with Crippen molar-refractivity contribution in [3.63, 3.8) is 0 Å². The van der Waals surface area contributed by atoms with Crippen molar-refractivity contribution in [3.8, 4) is 0 Å². The summed E-state index contributed by atoms with van der Waals surface area (Å²) in [7, 11) is 0. The zero-order valence-electron chi connectivity index (χ0n) is 17.8. The van der Waals surface area contributed by atoms with E-state index < -0.39 is 11.8 Å². The highest BCUT2D eigenvalue weighted by Crippen LogP contribution is 2.43. The molecule has 160 valence electrons. The monoisotopic (exact) mass is 442 g/mol. The summed E-state index contributed by atoms with van der Waals surface area (Å²) >= 11 is 1.56. The highest BCUT2D eigenvalue weighted by atomic mass is 32.1. The molecule has 0 saturated heterocycles. The Morgan fingerprint density at radius 3 is 1.59 bits per heavy atom. The molecule has 0 N–H and O–H groups in total. The Kier molecular flexibility index (Phi) is 5.19. The van der Waals surface area contributed by atoms with Crippen molar-refractivity contribution < 1.29 is 9.59 Å². The molecule has 5 rings (SSSR count). The first-order chi connectivity index (χ1) is 15.6. The lowest BCUT2D eigenvalue weighted by molar-refractivity contribution is -0.122. The number of hydrazone groups is 2. The number of anilines is 2. The van der Waals surface area contributed by atoms with E-state index in [-0.39, 0.29) is 17.7 Å². The van der Waals surface area contributed by atoms with Gasteiger partial charge in [-0.25, -0.2) is 10.0 Å². The van der Waals surface area contributed by atoms with Gasteiger partial charge in [0.15, 0.2) is 0 Å². The van der Waals surface area contributed by atoms with Gasteiger partial charge in [-0.3, -0.25) is 9.59 Å². The van der Waals surface area contributed by atoms with Crippen LogP contribution in [-0.4, -0.2) is 23.2 Å². The summed E-state index contributed by atoms with van der Waals surface area (Å²) in [6.07, 6.45) is 0. The molecule has 0 aliphatic carbocycles. The minimum atomic E-state index is -0.538. The number of rotatable bonds is 5. The second-order valence-electron chi connectivity index (χ2n) is 7.95. The van der Waals surface area contributed by atoms with Crippen molar-refractivity contribution in [2.75, 3.05) is 10.0 Å². The van der Waals surface area contributed by atoms with Gasteiger partial charge in [-0.1, -0.05) is 42.5 Å². The van der Waals surface area contributed by atoms with Crippen molar-refractivity contribution in [1.29, 1.82) is 0 Å². The molecule has 0 unspecified atom stereocenters. The average Bonchev–Trinajstić information content (AvgIpc) is 3.52. The van der Waals surface area contributed by atoms with Crippen LogP contribution in [0.15, 0.2) is 88.4 Å². The number of nitrogens with zero attached hydrogens (tertiary/aromatic N) is 4. The van der Waals surface area contributed by atoms with Gasteiger partial charge >= 0.3 is 0 Å². The Morgan fingerprint density at radius 2 is 1.19 bits per heavy atom. The molecule has 0 spiro atoms. The van der Waals surface area contributed by atoms with Crippen LogP contribution in [0.3, 0.4) is 0 Å². The van der Waals surface area contributed by atoms with Crippen LogP contribution in [0, 0.1) is 11.8 Å². The highest BCUT2D eigenvalue weighted by molar-refractivity contribution is 7.10. The Balaban J connectivity index is 1.54. The second kappa shape index (κ2) is 8.16. The Bertz CT molecular complexity index is 1130. The van der Waals surface area contributed by atoms with E-state index >= 15 is 0 Å². The zero-order chi connectivity index (χ0) is 22.2. The normalized spacial score (nSPS) is 20.8. The second-order valence-corrected chi connectivity index (χ2v) is 8.93. The van der Waals surface area contributed by atoms with Crippen LogP contribution in [0.5, 0.6) is 0 Å². The number of carbonyl (C=O) groups is 2. The van der Waals surface area contributed by atoms with E-state index in [0.717, 1.165) is 16.3 Å². The van der Waals surface area contributed by atoms with Crippen LogP contribution in [0.4, 0.5) is 11.4 Å². The first-order valence-electron chi connectivity index (χ1n) is 10.5. The van der Waals surface area contributed by atoms with Gasteiger partial charge in [-0.15, -0.1) is 11.3 Å². The third kappa shape index (κ3) is 3.35. The van der Waals surface area contributed by atoms with Crippen molar-refractivity contribution in [1.82, 2.24) is 0 Å². The number of hydrogen-bond acceptors (Lipinski definition) is 5. The lowest BCUT2D eigenvalue weighted by atomic mass is 9.76. The van der Waals surface area contributed by atoms with Crippen LogP contribution in [-0.2, 0) is 9.59 Å². The summed E-state index contributed by atoms with van der Waals surface area (Å²) in [5.74, 6) is -1.69. The maximum Gasteiger partial charge on any atom is 0.256 e. The number of para-hydroxylation sites is 2. The van der Waals surface area contributed by atoms with E-state index in [2.05, 4.69) is 10.2 Å². The fourth-order valence-corrected chi connectivity index (χ4v) is 5.40. The maximum atomic E-state index is 13.6. The topological polar surface area (TPSA) is 65.3 Å². The average molecular weight is 443 g/mol. The molecule has 0 radical (unpaired) electrons. The summed E-state index contributed by atoms with van der Waals surface area (Å²) in [4.78, 5) is 28.2. The third-order valence-corrected chi connectivity index (χ3v) is 6.93. The van der Waals surface area contributed by atoms with E-state index in [1.54, 1.807) is 11.3 Å². The predicted octanol–water partition coefficient (Wildman–Crippen LogP) is 4.91. The molecule has 0 saturated carbocycles. The summed E-state index contributed by atoms with van der Waals surface area (Å²) in [6.45, 7) is 3.74. The molecule has 3 heterocycles. The SMILES string of the molecule is CC1=NN(c2ccccc2)C(=O)[C@H]1C(c1cccs1)[C@@H]1C(=O)N(c2ccccc2)N=C1C. The zero-order valence-corrected chi connectivity index (χ0v) is 18.6. The Morgan fingerprint density at radius 1 is 0.719 bits per heavy atom. The minimum Gasteiger partial charge on any atom is -0.272 e. The lowest BCUT2D eigenvalue weighted by Crippen LogP contribution is -2.39. The molecule has 2 amide bonds. The number of thiophene rings is 1. The minimum absolute atomic E-state index is 0.120. The van der Waals surface area contributed by atoms with Crippen LogP contribution in [0.25, 0.3) is 0 Å². The van der Waals surface area contributed by atoms with Gasteiger partial charge in [0.1, 0.15) is 0 Å². The van der Waals surface area contributed by atoms with Gasteiger partial charge in [0.05, 0.1) is 23.2 Å². The highest BCUT2D eigenvalue weighted by Gasteiger charge is 2.50. The molecule has 2 aromatic carbocycles. The van der Waals surface area contributed by atoms with Gasteiger partial charge in [0.2, 0.25) is 0 Å². The van der Waals surface area contributed by atoms with Crippen molar-refractivity contribution in [2.24, 2.45) is 22.0 Å². The quantitative estimate of drug-likeness (QED) is 0.564. The van der Waals surface area contributed by atoms with E-state index in [9.17, 15) is 9.59 Å². The fourth-order valence-electron chi connectivity index (χ4n) is 4.50. The summed E-state index contributed by atoms with van der Waals surface area (Å²) in [5, 5.41) is 14.1. The Labute approximate surface area is 190 Å². The van der Waals surface area contributed by atoms with Gasteiger partial charge in [0.25, 0.3) is 11.8 Å². The van der Waals surface area contributed by atoms with E-state index in [1.807, 2.05) is 92.0 Å². The molecule has 2 aliphatic heterocycles. The van der Waals surface area contributed by atoms with Gasteiger partial charge < -0.3 is 0 Å². The van der Waals surface area contributed by atoms with Crippen molar-refractivity contribution >= 4 is 45.9 Å². The molecule has 7 heteroatoms. The number of carbonyl (C=O) groups excluding carboxylic acids is 2. The molecule has 2 aliphatic rings. The smallest absolute Gasteiger partial charge is 0.256 e. The van der Waals surface area contributed by atoms with Gasteiger partial charge in [-0.2, -0.15) is 10.2 Å². The molecule has 1 aromatic heterocycles. The van der Waals surface area contributed by atoms with E-state index in [4.69, 9.17) is 0 Å². The molecule has 32 heavy (non-hydrogen) atoms. The van der Waals surface area contributed by atoms with Crippen molar-refractivity contribution in [3.05, 3.63) is 83.1 Å². The van der Waals surface area contributed by atoms with Gasteiger partial charge in [-0.05, 0) is 49.6 Å². The molecule has 0 bridgehead atoms. The molecular formula is C25H22N4O2S. The molecule has 2 atom stereocenters. The standard InChI is InChI=1S/C25H22N4O2S/c1-16-21(24(30)28(26-16)18-10-5-3-6-11-18)23(20-14-9-15-32-20)22-17(2)27-29(25(22)31)19-12-7-4-8-13-19/h3-15,21-23H,1-2H3/t21-,22-/m1/s1. The molecule has 3 aromatic rings. The Hall–Kier alpha value is -3.58. The van der Waals surface area contributed by atoms with Crippen LogP contribution < -0.4 is 10.0 Å². The largest absolute Gasteiger partial charge is 0.272 e. The molecule has 6 nitrogen and oxygen atoms in total. The van der Waals surface area contributed by atoms with Crippen molar-refractivity contribution in [2.45, 2.75) is 19.8 Å². The van der Waals surface area contributed by atoms with Crippen LogP contribution >= 0.6 is 11.3 Å². The number of hydrogen-bond donors (Lipinski definition) is 0. The number of benzene rings is 2. The summed E-state index contributed by atoms with van der Waals surface area (Å²) < 4.78 is 0. The molecular weight excluding hydrogens is 420 g/mol. The fraction of sp³-hybridized carbons (Fsp3) is 0.200. The van der Waals surface area contributed by atoms with E-state index in [0.29, 0.717) is 11.4 Å². The van der Waals surface area contributed by atoms with Gasteiger partial charge in [0, 0.05) is 22.2 Å². The van der Waals surface area contributed by atoms with Crippen LogP contribution in [0.2, 0.25) is 0 Å². The summed E-state index contributed by atoms with van der Waals surface area (Å²) in [6, 6.07) is 22.7. The third-order valence-electron chi connectivity index (χ3n) is 5.96. The predicted molar refractivity (Wildman–Crippen MR) is 128 cm³/mol. The van der Waals surface area contributed by atoms with E-state index in [1.165, 1.54) is 10.0 Å². The summed E-state index contributed by atoms with van der Waals surface area (Å²) in [5.41, 5.74) is 2.85. The van der Waals surface area contributed by atoms with Crippen LogP contribution in [0.1, 0.15) is 24.6 Å². The maximum absolute atomic E-state index is 13.6.